The summed E-state index contributed by atoms with van der Waals surface area (Å²) in [5, 5.41) is 2.34. The van der Waals surface area contributed by atoms with Crippen LogP contribution < -0.4 is 10.9 Å². The highest BCUT2D eigenvalue weighted by Gasteiger charge is 2.35. The van der Waals surface area contributed by atoms with Crippen LogP contribution in [0.15, 0.2) is 47.5 Å². The summed E-state index contributed by atoms with van der Waals surface area (Å²) in [6, 6.07) is 8.97. The molecule has 2 aromatic rings. The number of alkyl halides is 3. The van der Waals surface area contributed by atoms with Gasteiger partial charge < -0.3 is 15.0 Å². The van der Waals surface area contributed by atoms with E-state index in [1.807, 2.05) is 6.07 Å². The average molecular weight is 353 g/mol. The fourth-order valence-electron chi connectivity index (χ4n) is 1.88. The Morgan fingerprint density at radius 3 is 2.68 bits per heavy atom. The predicted molar refractivity (Wildman–Crippen MR) is 83.5 cm³/mol. The molecule has 1 aromatic carbocycles. The van der Waals surface area contributed by atoms with Gasteiger partial charge in [-0.1, -0.05) is 36.4 Å². The number of halogens is 3. The highest BCUT2D eigenvalue weighted by molar-refractivity contribution is 5.67. The Kier molecular flexibility index (Phi) is 5.93. The maximum Gasteiger partial charge on any atom is 0.434 e. The Morgan fingerprint density at radius 2 is 2.00 bits per heavy atom. The maximum atomic E-state index is 12.8. The number of hydrogen-bond donors (Lipinski definition) is 2. The van der Waals surface area contributed by atoms with Crippen molar-refractivity contribution in [2.24, 2.45) is 0 Å². The van der Waals surface area contributed by atoms with Gasteiger partial charge in [0.05, 0.1) is 11.9 Å². The quantitative estimate of drug-likeness (QED) is 0.866. The molecule has 0 saturated heterocycles. The maximum absolute atomic E-state index is 12.8. The highest BCUT2D eigenvalue weighted by Crippen LogP contribution is 2.28. The molecule has 2 rings (SSSR count). The summed E-state index contributed by atoms with van der Waals surface area (Å²) in [4.78, 5) is 28.2. The van der Waals surface area contributed by atoms with E-state index in [9.17, 15) is 22.8 Å². The fraction of sp³-hybridized carbons (Fsp3) is 0.188. The molecule has 0 atom stereocenters. The molecule has 2 N–H and O–H groups in total. The smallest absolute Gasteiger partial charge is 0.434 e. The van der Waals surface area contributed by atoms with Crippen molar-refractivity contribution in [1.29, 1.82) is 0 Å². The molecule has 0 saturated carbocycles. The summed E-state index contributed by atoms with van der Waals surface area (Å²) in [6.07, 6.45) is -2.65. The summed E-state index contributed by atoms with van der Waals surface area (Å²) >= 11 is 0. The molecule has 1 amide bonds. The second-order valence-corrected chi connectivity index (χ2v) is 4.84. The number of carbonyl (C=O) groups excluding carboxylic acids is 1. The Morgan fingerprint density at radius 1 is 1.28 bits per heavy atom. The van der Waals surface area contributed by atoms with Gasteiger partial charge in [0.15, 0.2) is 5.69 Å². The van der Waals surface area contributed by atoms with E-state index in [4.69, 9.17) is 4.74 Å². The second-order valence-electron chi connectivity index (χ2n) is 4.84. The van der Waals surface area contributed by atoms with Crippen molar-refractivity contribution in [3.63, 3.8) is 0 Å². The molecule has 0 aliphatic rings. The summed E-state index contributed by atoms with van der Waals surface area (Å²) in [5.74, 6) is 0. The van der Waals surface area contributed by atoms with Crippen LogP contribution in [0.3, 0.4) is 0 Å². The SMILES string of the molecule is O=C(NCC=Cc1c(C(F)(F)F)nc[nH]c1=O)OCc1ccccc1. The number of amides is 1. The van der Waals surface area contributed by atoms with Gasteiger partial charge in [-0.3, -0.25) is 4.79 Å². The minimum atomic E-state index is -4.75. The Bertz CT molecular complexity index is 802. The summed E-state index contributed by atoms with van der Waals surface area (Å²) in [6.45, 7) is -0.0455. The molecule has 0 bridgehead atoms. The zero-order chi connectivity index (χ0) is 18.3. The van der Waals surface area contributed by atoms with Gasteiger partial charge >= 0.3 is 12.3 Å². The number of nitrogens with zero attached hydrogens (tertiary/aromatic N) is 1. The lowest BCUT2D eigenvalue weighted by Gasteiger charge is -2.07. The van der Waals surface area contributed by atoms with E-state index in [0.717, 1.165) is 11.6 Å². The van der Waals surface area contributed by atoms with Crippen molar-refractivity contribution >= 4 is 12.2 Å². The molecule has 0 aliphatic heterocycles. The van der Waals surface area contributed by atoms with Crippen LogP contribution in [0.5, 0.6) is 0 Å². The molecule has 0 unspecified atom stereocenters. The number of aromatic amines is 1. The molecule has 0 fully saturated rings. The van der Waals surface area contributed by atoms with Crippen LogP contribution in [0.1, 0.15) is 16.8 Å². The number of ether oxygens (including phenoxy) is 1. The number of carbonyl (C=O) groups is 1. The van der Waals surface area contributed by atoms with E-state index < -0.39 is 29.1 Å². The highest BCUT2D eigenvalue weighted by atomic mass is 19.4. The minimum absolute atomic E-state index is 0.0664. The van der Waals surface area contributed by atoms with Crippen molar-refractivity contribution in [2.45, 2.75) is 12.8 Å². The third-order valence-corrected chi connectivity index (χ3v) is 3.02. The molecule has 1 heterocycles. The van der Waals surface area contributed by atoms with E-state index in [2.05, 4.69) is 15.3 Å². The molecule has 6 nitrogen and oxygen atoms in total. The van der Waals surface area contributed by atoms with Crippen molar-refractivity contribution in [2.75, 3.05) is 6.54 Å². The van der Waals surface area contributed by atoms with E-state index in [1.54, 1.807) is 24.3 Å². The van der Waals surface area contributed by atoms with Crippen LogP contribution in [0.2, 0.25) is 0 Å². The van der Waals surface area contributed by atoms with Gasteiger partial charge in [-0.2, -0.15) is 13.2 Å². The predicted octanol–water partition coefficient (Wildman–Crippen LogP) is 2.73. The lowest BCUT2D eigenvalue weighted by atomic mass is 10.2. The third-order valence-electron chi connectivity index (χ3n) is 3.02. The van der Waals surface area contributed by atoms with Crippen LogP contribution in [-0.2, 0) is 17.5 Å². The van der Waals surface area contributed by atoms with Gasteiger partial charge in [0.1, 0.15) is 6.61 Å². The van der Waals surface area contributed by atoms with E-state index in [1.165, 1.54) is 6.08 Å². The zero-order valence-corrected chi connectivity index (χ0v) is 12.8. The number of aromatic nitrogens is 2. The largest absolute Gasteiger partial charge is 0.445 e. The monoisotopic (exact) mass is 353 g/mol. The van der Waals surface area contributed by atoms with Gasteiger partial charge in [-0.25, -0.2) is 9.78 Å². The summed E-state index contributed by atoms with van der Waals surface area (Å²) in [5.41, 5.74) is -2.05. The van der Waals surface area contributed by atoms with Crippen molar-refractivity contribution in [1.82, 2.24) is 15.3 Å². The van der Waals surface area contributed by atoms with Crippen molar-refractivity contribution in [3.05, 3.63) is 69.9 Å². The van der Waals surface area contributed by atoms with Crippen LogP contribution >= 0.6 is 0 Å². The summed E-state index contributed by atoms with van der Waals surface area (Å²) in [7, 11) is 0. The first-order chi connectivity index (χ1) is 11.9. The third kappa shape index (κ3) is 5.48. The standard InChI is InChI=1S/C16H14F3N3O3/c17-16(18,19)13-12(14(23)22-10-21-13)7-4-8-20-15(24)25-9-11-5-2-1-3-6-11/h1-7,10H,8-9H2,(H,20,24)(H,21,22,23). The first kappa shape index (κ1) is 18.2. The van der Waals surface area contributed by atoms with Crippen LogP contribution in [0.25, 0.3) is 6.08 Å². The van der Waals surface area contributed by atoms with Crippen LogP contribution in [0, 0.1) is 0 Å². The normalized spacial score (nSPS) is 11.5. The van der Waals surface area contributed by atoms with Crippen molar-refractivity contribution < 1.29 is 22.7 Å². The molecular weight excluding hydrogens is 339 g/mol. The Balaban J connectivity index is 1.89. The van der Waals surface area contributed by atoms with Crippen LogP contribution in [0.4, 0.5) is 18.0 Å². The molecule has 9 heteroatoms. The van der Waals surface area contributed by atoms with E-state index in [-0.39, 0.29) is 13.2 Å². The molecule has 25 heavy (non-hydrogen) atoms. The molecule has 1 aromatic heterocycles. The molecule has 132 valence electrons. The Hall–Kier alpha value is -3.10. The van der Waals surface area contributed by atoms with E-state index >= 15 is 0 Å². The summed E-state index contributed by atoms with van der Waals surface area (Å²) < 4.78 is 43.3. The van der Waals surface area contributed by atoms with E-state index in [0.29, 0.717) is 6.33 Å². The van der Waals surface area contributed by atoms with Gasteiger partial charge in [-0.05, 0) is 11.6 Å². The second kappa shape index (κ2) is 8.13. The molecular formula is C16H14F3N3O3. The van der Waals surface area contributed by atoms with Gasteiger partial charge in [0, 0.05) is 6.54 Å². The van der Waals surface area contributed by atoms with Gasteiger partial charge in [0.25, 0.3) is 5.56 Å². The number of alkyl carbamates (subject to hydrolysis) is 1. The average Bonchev–Trinajstić information content (AvgIpc) is 2.58. The number of H-pyrrole nitrogens is 1. The lowest BCUT2D eigenvalue weighted by molar-refractivity contribution is -0.141. The van der Waals surface area contributed by atoms with Gasteiger partial charge in [0.2, 0.25) is 0 Å². The minimum Gasteiger partial charge on any atom is -0.445 e. The Labute approximate surface area is 140 Å². The van der Waals surface area contributed by atoms with Crippen LogP contribution in [-0.4, -0.2) is 22.6 Å². The molecule has 0 radical (unpaired) electrons. The fourth-order valence-corrected chi connectivity index (χ4v) is 1.88. The molecule has 0 spiro atoms. The zero-order valence-electron chi connectivity index (χ0n) is 12.8. The van der Waals surface area contributed by atoms with Crippen molar-refractivity contribution in [3.8, 4) is 0 Å². The first-order valence-electron chi connectivity index (χ1n) is 7.14. The lowest BCUT2D eigenvalue weighted by Crippen LogP contribution is -2.24. The number of benzene rings is 1. The first-order valence-corrected chi connectivity index (χ1v) is 7.14. The number of rotatable bonds is 5. The number of hydrogen-bond acceptors (Lipinski definition) is 4. The topological polar surface area (TPSA) is 84.1 Å². The molecule has 0 aliphatic carbocycles. The number of nitrogens with one attached hydrogen (secondary N) is 2. The van der Waals surface area contributed by atoms with Gasteiger partial charge in [-0.15, -0.1) is 0 Å².